The Kier molecular flexibility index (Phi) is 8.20. The Labute approximate surface area is 276 Å². The van der Waals surface area contributed by atoms with Gasteiger partial charge in [-0.2, -0.15) is 0 Å². The van der Waals surface area contributed by atoms with E-state index in [0.717, 1.165) is 61.2 Å². The van der Waals surface area contributed by atoms with Crippen molar-refractivity contribution in [1.82, 2.24) is 18.9 Å². The maximum atomic E-state index is 14.4. The number of hydrogen-bond donors (Lipinski definition) is 0. The van der Waals surface area contributed by atoms with Crippen LogP contribution in [0.25, 0.3) is 11.0 Å². The highest BCUT2D eigenvalue weighted by Crippen LogP contribution is 2.40. The highest BCUT2D eigenvalue weighted by Gasteiger charge is 2.53. The number of nitrogens with zero attached hydrogens (tertiary/aromatic N) is 5. The van der Waals surface area contributed by atoms with Crippen LogP contribution in [-0.2, 0) is 22.6 Å². The van der Waals surface area contributed by atoms with Gasteiger partial charge in [0.15, 0.2) is 0 Å². The van der Waals surface area contributed by atoms with Crippen LogP contribution in [0.1, 0.15) is 74.8 Å². The molecule has 246 valence electrons. The Morgan fingerprint density at radius 2 is 1.51 bits per heavy atom. The summed E-state index contributed by atoms with van der Waals surface area (Å²) >= 11 is 0. The van der Waals surface area contributed by atoms with Gasteiger partial charge in [-0.3, -0.25) is 13.9 Å². The van der Waals surface area contributed by atoms with Gasteiger partial charge in [0, 0.05) is 37.9 Å². The second kappa shape index (κ2) is 12.3. The monoisotopic (exact) mass is 635 g/mol. The van der Waals surface area contributed by atoms with E-state index in [0.29, 0.717) is 44.2 Å². The molecule has 0 unspecified atom stereocenters. The number of likely N-dealkylation sites (tertiary alicyclic amines) is 1. The van der Waals surface area contributed by atoms with E-state index >= 15 is 0 Å². The van der Waals surface area contributed by atoms with Crippen LogP contribution < -0.4 is 10.6 Å². The second-order valence-electron chi connectivity index (χ2n) is 14.3. The number of carbonyl (C=O) groups excluding carboxylic acids is 2. The van der Waals surface area contributed by atoms with Crippen LogP contribution >= 0.6 is 0 Å². The van der Waals surface area contributed by atoms with E-state index in [2.05, 4.69) is 34.1 Å². The summed E-state index contributed by atoms with van der Waals surface area (Å²) in [6.07, 6.45) is 4.46. The molecule has 3 heterocycles. The van der Waals surface area contributed by atoms with Crippen LogP contribution in [0.2, 0.25) is 0 Å². The minimum absolute atomic E-state index is 0.106. The molecule has 1 saturated carbocycles. The fourth-order valence-electron chi connectivity index (χ4n) is 7.45. The first-order valence-corrected chi connectivity index (χ1v) is 17.0. The summed E-state index contributed by atoms with van der Waals surface area (Å²) in [6, 6.07) is 26.1. The third-order valence-electron chi connectivity index (χ3n) is 9.90. The molecule has 9 heteroatoms. The Morgan fingerprint density at radius 3 is 2.21 bits per heavy atom. The summed E-state index contributed by atoms with van der Waals surface area (Å²) in [5.74, 6) is -0.263. The SMILES string of the molecule is CC(C)(C)OC(=O)c1ccccc1CN1CN(c2ccccc2)C2(CCN(CCCn3c(=O)n(C4CC4)c4ccccc43)CC2)C1=O. The lowest BCUT2D eigenvalue weighted by atomic mass is 9.85. The van der Waals surface area contributed by atoms with Gasteiger partial charge in [0.05, 0.1) is 23.3 Å². The Bertz CT molecular complexity index is 1830. The zero-order valence-electron chi connectivity index (χ0n) is 27.7. The molecule has 2 aliphatic heterocycles. The number of hydrogen-bond acceptors (Lipinski definition) is 6. The van der Waals surface area contributed by atoms with Crippen molar-refractivity contribution in [1.29, 1.82) is 0 Å². The number of rotatable bonds is 9. The minimum Gasteiger partial charge on any atom is -0.456 e. The van der Waals surface area contributed by atoms with Gasteiger partial charge in [-0.25, -0.2) is 9.59 Å². The van der Waals surface area contributed by atoms with Gasteiger partial charge >= 0.3 is 11.7 Å². The van der Waals surface area contributed by atoms with Crippen molar-refractivity contribution in [3.05, 3.63) is 100 Å². The summed E-state index contributed by atoms with van der Waals surface area (Å²) in [4.78, 5) is 47.5. The first-order chi connectivity index (χ1) is 22.6. The van der Waals surface area contributed by atoms with Crippen molar-refractivity contribution >= 4 is 28.6 Å². The number of aryl methyl sites for hydroxylation is 1. The molecule has 0 atom stereocenters. The van der Waals surface area contributed by atoms with E-state index in [9.17, 15) is 14.4 Å². The molecule has 9 nitrogen and oxygen atoms in total. The standard InChI is InChI=1S/C38H45N5O4/c1-37(2,3)47-34(44)31-15-8-7-12-28(31)26-40-27-42(29-13-5-4-6-14-29)38(35(40)45)20-24-39(25-21-38)22-11-23-41-32-16-9-10-17-33(32)43(36(41)46)30-18-19-30/h4-10,12-17,30H,11,18-27H2,1-3H3. The van der Waals surface area contributed by atoms with E-state index in [4.69, 9.17) is 4.74 Å². The lowest BCUT2D eigenvalue weighted by molar-refractivity contribution is -0.134. The average Bonchev–Trinajstić information content (AvgIpc) is 3.81. The molecular weight excluding hydrogens is 590 g/mol. The van der Waals surface area contributed by atoms with Gasteiger partial charge in [-0.05, 0) is 95.3 Å². The predicted molar refractivity (Wildman–Crippen MR) is 183 cm³/mol. The fourth-order valence-corrected chi connectivity index (χ4v) is 7.45. The van der Waals surface area contributed by atoms with Crippen LogP contribution in [0.3, 0.4) is 0 Å². The molecule has 0 N–H and O–H groups in total. The number of esters is 1. The number of benzene rings is 3. The lowest BCUT2D eigenvalue weighted by Gasteiger charge is -2.43. The van der Waals surface area contributed by atoms with Crippen molar-refractivity contribution in [2.75, 3.05) is 31.2 Å². The number of piperidine rings is 1. The predicted octanol–water partition coefficient (Wildman–Crippen LogP) is 5.82. The van der Waals surface area contributed by atoms with Gasteiger partial charge in [0.1, 0.15) is 11.1 Å². The lowest BCUT2D eigenvalue weighted by Crippen LogP contribution is -2.56. The largest absolute Gasteiger partial charge is 0.456 e. The summed E-state index contributed by atoms with van der Waals surface area (Å²) in [5, 5.41) is 0. The van der Waals surface area contributed by atoms with Gasteiger partial charge < -0.3 is 19.4 Å². The summed E-state index contributed by atoms with van der Waals surface area (Å²) in [5.41, 5.74) is 3.23. The average molecular weight is 636 g/mol. The number of aromatic nitrogens is 2. The zero-order chi connectivity index (χ0) is 32.8. The molecule has 4 aromatic rings. The second-order valence-corrected chi connectivity index (χ2v) is 14.3. The van der Waals surface area contributed by atoms with Crippen LogP contribution in [0.5, 0.6) is 0 Å². The third-order valence-corrected chi connectivity index (χ3v) is 9.90. The van der Waals surface area contributed by atoms with Gasteiger partial charge in [-0.15, -0.1) is 0 Å². The highest BCUT2D eigenvalue weighted by molar-refractivity contribution is 5.94. The topological polar surface area (TPSA) is 80.0 Å². The number of carbonyl (C=O) groups is 2. The number of amides is 1. The molecule has 2 saturated heterocycles. The smallest absolute Gasteiger partial charge is 0.338 e. The molecule has 1 amide bonds. The number of ether oxygens (including phenoxy) is 1. The molecule has 0 bridgehead atoms. The van der Waals surface area contributed by atoms with E-state index in [1.165, 1.54) is 0 Å². The van der Waals surface area contributed by atoms with Crippen molar-refractivity contribution in [3.8, 4) is 0 Å². The van der Waals surface area contributed by atoms with E-state index < -0.39 is 11.1 Å². The number of imidazole rings is 1. The Balaban J connectivity index is 1.05. The van der Waals surface area contributed by atoms with Crippen molar-refractivity contribution < 1.29 is 14.3 Å². The first-order valence-electron chi connectivity index (χ1n) is 17.0. The maximum absolute atomic E-state index is 14.4. The van der Waals surface area contributed by atoms with E-state index in [-0.39, 0.29) is 17.6 Å². The van der Waals surface area contributed by atoms with Crippen LogP contribution in [0, 0.1) is 0 Å². The number of fused-ring (bicyclic) bond motifs is 1. The normalized spacial score (nSPS) is 18.4. The maximum Gasteiger partial charge on any atom is 0.338 e. The van der Waals surface area contributed by atoms with Crippen molar-refractivity contribution in [2.24, 2.45) is 0 Å². The molecule has 3 aromatic carbocycles. The Morgan fingerprint density at radius 1 is 0.851 bits per heavy atom. The van der Waals surface area contributed by atoms with Crippen molar-refractivity contribution in [3.63, 3.8) is 0 Å². The zero-order valence-corrected chi connectivity index (χ0v) is 27.7. The van der Waals surface area contributed by atoms with Gasteiger partial charge in [0.25, 0.3) is 0 Å². The first kappa shape index (κ1) is 31.2. The number of para-hydroxylation sites is 3. The molecular formula is C38H45N5O4. The molecule has 0 radical (unpaired) electrons. The van der Waals surface area contributed by atoms with Gasteiger partial charge in [-0.1, -0.05) is 48.5 Å². The summed E-state index contributed by atoms with van der Waals surface area (Å²) in [6.45, 7) is 9.53. The number of anilines is 1. The fraction of sp³-hybridized carbons (Fsp3) is 0.447. The molecule has 7 rings (SSSR count). The molecule has 1 aliphatic carbocycles. The minimum atomic E-state index is -0.645. The molecule has 1 spiro atoms. The summed E-state index contributed by atoms with van der Waals surface area (Å²) in [7, 11) is 0. The highest BCUT2D eigenvalue weighted by atomic mass is 16.6. The molecule has 3 fully saturated rings. The van der Waals surface area contributed by atoms with Crippen LogP contribution in [0.15, 0.2) is 83.7 Å². The molecule has 47 heavy (non-hydrogen) atoms. The molecule has 1 aromatic heterocycles. The molecule has 3 aliphatic rings. The Hall–Kier alpha value is -4.37. The van der Waals surface area contributed by atoms with Crippen LogP contribution in [0.4, 0.5) is 5.69 Å². The van der Waals surface area contributed by atoms with Crippen LogP contribution in [-0.4, -0.2) is 68.3 Å². The third kappa shape index (κ3) is 6.09. The van der Waals surface area contributed by atoms with E-state index in [1.807, 2.05) is 83.3 Å². The van der Waals surface area contributed by atoms with Gasteiger partial charge in [0.2, 0.25) is 5.91 Å². The quantitative estimate of drug-likeness (QED) is 0.216. The summed E-state index contributed by atoms with van der Waals surface area (Å²) < 4.78 is 9.63. The van der Waals surface area contributed by atoms with Crippen molar-refractivity contribution in [2.45, 2.75) is 83.1 Å². The van der Waals surface area contributed by atoms with E-state index in [1.54, 1.807) is 6.07 Å².